The van der Waals surface area contributed by atoms with E-state index in [4.69, 9.17) is 14.2 Å². The lowest BCUT2D eigenvalue weighted by Gasteiger charge is -2.21. The van der Waals surface area contributed by atoms with Gasteiger partial charge in [-0.05, 0) is 34.7 Å². The molecule has 0 saturated heterocycles. The third-order valence-corrected chi connectivity index (χ3v) is 3.58. The number of aromatic nitrogens is 4. The molecule has 0 unspecified atom stereocenters. The van der Waals surface area contributed by atoms with Crippen LogP contribution in [0.1, 0.15) is 11.1 Å². The number of halogens is 1. The largest absolute Gasteiger partial charge is 0.489 e. The Labute approximate surface area is 136 Å². The van der Waals surface area contributed by atoms with Gasteiger partial charge >= 0.3 is 0 Å². The van der Waals surface area contributed by atoms with Crippen LogP contribution in [0.25, 0.3) is 5.69 Å². The van der Waals surface area contributed by atoms with Gasteiger partial charge in [0.05, 0.1) is 12.3 Å². The third kappa shape index (κ3) is 2.91. The third-order valence-electron chi connectivity index (χ3n) is 3.58. The van der Waals surface area contributed by atoms with Crippen molar-refractivity contribution in [3.63, 3.8) is 0 Å². The second-order valence-corrected chi connectivity index (χ2v) is 5.20. The van der Waals surface area contributed by atoms with Crippen LogP contribution < -0.4 is 9.47 Å². The van der Waals surface area contributed by atoms with Gasteiger partial charge in [0.1, 0.15) is 30.3 Å². The van der Waals surface area contributed by atoms with Crippen LogP contribution in [0.3, 0.4) is 0 Å². The van der Waals surface area contributed by atoms with Gasteiger partial charge in [-0.3, -0.25) is 0 Å². The number of nitrogens with zero attached hydrogens (tertiary/aromatic N) is 4. The smallest absolute Gasteiger partial charge is 0.189 e. The minimum Gasteiger partial charge on any atom is -0.489 e. The molecule has 0 radical (unpaired) electrons. The Bertz CT molecular complexity index is 855. The summed E-state index contributed by atoms with van der Waals surface area (Å²) in [4.78, 5) is 0. The van der Waals surface area contributed by atoms with Gasteiger partial charge in [-0.25, -0.2) is 9.07 Å². The number of hydrogen-bond acceptors (Lipinski definition) is 6. The van der Waals surface area contributed by atoms with Crippen molar-refractivity contribution in [3.05, 3.63) is 59.7 Å². The standard InChI is InChI=1S/C16H13FN4O3/c17-13-4-11-7-22-10-24-16(11)12(5-13)8-23-15-3-1-2-14(6-15)21-9-18-19-20-21/h1-6,9H,7-8,10H2. The van der Waals surface area contributed by atoms with Gasteiger partial charge in [-0.2, -0.15) is 0 Å². The Kier molecular flexibility index (Phi) is 3.80. The van der Waals surface area contributed by atoms with Crippen molar-refractivity contribution in [1.29, 1.82) is 0 Å². The first kappa shape index (κ1) is 14.6. The zero-order valence-electron chi connectivity index (χ0n) is 12.6. The second kappa shape index (κ2) is 6.25. The SMILES string of the molecule is Fc1cc2c(c(COc3cccc(-n4cnnn4)c3)c1)OCOC2. The molecule has 0 N–H and O–H groups in total. The quantitative estimate of drug-likeness (QED) is 0.731. The highest BCUT2D eigenvalue weighted by Crippen LogP contribution is 2.30. The van der Waals surface area contributed by atoms with E-state index in [0.717, 1.165) is 5.69 Å². The van der Waals surface area contributed by atoms with Crippen molar-refractivity contribution in [2.24, 2.45) is 0 Å². The lowest BCUT2D eigenvalue weighted by Crippen LogP contribution is -2.14. The summed E-state index contributed by atoms with van der Waals surface area (Å²) in [5.41, 5.74) is 2.09. The Morgan fingerprint density at radius 3 is 3.08 bits per heavy atom. The Morgan fingerprint density at radius 2 is 2.21 bits per heavy atom. The van der Waals surface area contributed by atoms with Crippen molar-refractivity contribution in [3.8, 4) is 17.2 Å². The Balaban J connectivity index is 1.55. The lowest BCUT2D eigenvalue weighted by molar-refractivity contribution is -0.0178. The Hall–Kier alpha value is -3.00. The van der Waals surface area contributed by atoms with E-state index in [1.165, 1.54) is 23.1 Å². The predicted octanol–water partition coefficient (Wildman–Crippen LogP) is 2.25. The number of fused-ring (bicyclic) bond motifs is 1. The molecule has 122 valence electrons. The van der Waals surface area contributed by atoms with Crippen LogP contribution in [0.5, 0.6) is 11.5 Å². The molecule has 0 spiro atoms. The molecule has 1 aromatic heterocycles. The fourth-order valence-electron chi connectivity index (χ4n) is 2.52. The van der Waals surface area contributed by atoms with E-state index in [2.05, 4.69) is 15.5 Å². The van der Waals surface area contributed by atoms with Crippen LogP contribution in [-0.2, 0) is 18.0 Å². The van der Waals surface area contributed by atoms with Crippen LogP contribution in [0.15, 0.2) is 42.7 Å². The lowest BCUT2D eigenvalue weighted by atomic mass is 10.1. The van der Waals surface area contributed by atoms with Crippen molar-refractivity contribution < 1.29 is 18.6 Å². The molecule has 2 aromatic carbocycles. The second-order valence-electron chi connectivity index (χ2n) is 5.20. The van der Waals surface area contributed by atoms with Gasteiger partial charge in [0.15, 0.2) is 6.79 Å². The van der Waals surface area contributed by atoms with Gasteiger partial charge in [-0.1, -0.05) is 6.07 Å². The first-order valence-electron chi connectivity index (χ1n) is 7.28. The highest BCUT2D eigenvalue weighted by molar-refractivity contribution is 5.43. The summed E-state index contributed by atoms with van der Waals surface area (Å²) in [6.45, 7) is 0.661. The van der Waals surface area contributed by atoms with Crippen molar-refractivity contribution in [1.82, 2.24) is 20.2 Å². The molecule has 7 nitrogen and oxygen atoms in total. The van der Waals surface area contributed by atoms with Gasteiger partial charge in [0.2, 0.25) is 0 Å². The molecule has 2 heterocycles. The summed E-state index contributed by atoms with van der Waals surface area (Å²) >= 11 is 0. The number of rotatable bonds is 4. The van der Waals surface area contributed by atoms with Gasteiger partial charge < -0.3 is 14.2 Å². The normalized spacial score (nSPS) is 13.2. The Morgan fingerprint density at radius 1 is 1.25 bits per heavy atom. The summed E-state index contributed by atoms with van der Waals surface area (Å²) in [6, 6.07) is 10.1. The van der Waals surface area contributed by atoms with Gasteiger partial charge in [0.25, 0.3) is 0 Å². The monoisotopic (exact) mass is 328 g/mol. The molecule has 0 aliphatic carbocycles. The van der Waals surface area contributed by atoms with Crippen LogP contribution in [0, 0.1) is 5.82 Å². The topological polar surface area (TPSA) is 71.3 Å². The maximum atomic E-state index is 13.7. The summed E-state index contributed by atoms with van der Waals surface area (Å²) < 4.78 is 31.7. The summed E-state index contributed by atoms with van der Waals surface area (Å²) in [5.74, 6) is 0.899. The average molecular weight is 328 g/mol. The zero-order valence-corrected chi connectivity index (χ0v) is 12.6. The minimum atomic E-state index is -0.344. The van der Waals surface area contributed by atoms with E-state index < -0.39 is 0 Å². The molecule has 3 aromatic rings. The minimum absolute atomic E-state index is 0.153. The molecular formula is C16H13FN4O3. The fourth-order valence-corrected chi connectivity index (χ4v) is 2.52. The van der Waals surface area contributed by atoms with E-state index in [-0.39, 0.29) is 19.2 Å². The zero-order chi connectivity index (χ0) is 16.4. The summed E-state index contributed by atoms with van der Waals surface area (Å²) in [5, 5.41) is 11.0. The summed E-state index contributed by atoms with van der Waals surface area (Å²) in [6.07, 6.45) is 1.50. The molecule has 0 fully saturated rings. The molecule has 0 saturated carbocycles. The van der Waals surface area contributed by atoms with E-state index >= 15 is 0 Å². The predicted molar refractivity (Wildman–Crippen MR) is 80.2 cm³/mol. The molecule has 1 aliphatic rings. The number of benzene rings is 2. The van der Waals surface area contributed by atoms with E-state index in [1.807, 2.05) is 18.2 Å². The van der Waals surface area contributed by atoms with Gasteiger partial charge in [-0.15, -0.1) is 5.10 Å². The van der Waals surface area contributed by atoms with Crippen molar-refractivity contribution in [2.75, 3.05) is 6.79 Å². The molecule has 24 heavy (non-hydrogen) atoms. The maximum absolute atomic E-state index is 13.7. The van der Waals surface area contributed by atoms with Crippen LogP contribution >= 0.6 is 0 Å². The molecule has 0 atom stereocenters. The first-order chi connectivity index (χ1) is 11.8. The van der Waals surface area contributed by atoms with E-state index in [0.29, 0.717) is 29.2 Å². The number of ether oxygens (including phenoxy) is 3. The molecule has 8 heteroatoms. The van der Waals surface area contributed by atoms with Crippen LogP contribution in [-0.4, -0.2) is 27.0 Å². The molecule has 4 rings (SSSR count). The van der Waals surface area contributed by atoms with Crippen molar-refractivity contribution in [2.45, 2.75) is 13.2 Å². The molecular weight excluding hydrogens is 315 g/mol. The fraction of sp³-hybridized carbons (Fsp3) is 0.188. The van der Waals surface area contributed by atoms with E-state index in [1.54, 1.807) is 6.07 Å². The number of hydrogen-bond donors (Lipinski definition) is 0. The molecule has 1 aliphatic heterocycles. The average Bonchev–Trinajstić information content (AvgIpc) is 3.14. The van der Waals surface area contributed by atoms with Crippen molar-refractivity contribution >= 4 is 0 Å². The maximum Gasteiger partial charge on any atom is 0.189 e. The summed E-state index contributed by atoms with van der Waals surface area (Å²) in [7, 11) is 0. The number of tetrazole rings is 1. The first-order valence-corrected chi connectivity index (χ1v) is 7.28. The molecule has 0 bridgehead atoms. The van der Waals surface area contributed by atoms with E-state index in [9.17, 15) is 4.39 Å². The van der Waals surface area contributed by atoms with Crippen LogP contribution in [0.4, 0.5) is 4.39 Å². The molecule has 0 amide bonds. The van der Waals surface area contributed by atoms with Crippen LogP contribution in [0.2, 0.25) is 0 Å². The highest BCUT2D eigenvalue weighted by Gasteiger charge is 2.17. The van der Waals surface area contributed by atoms with Gasteiger partial charge in [0, 0.05) is 17.2 Å². The highest BCUT2D eigenvalue weighted by atomic mass is 19.1.